The summed E-state index contributed by atoms with van der Waals surface area (Å²) >= 11 is 0. The Morgan fingerprint density at radius 2 is 1.85 bits per heavy atom. The van der Waals surface area contributed by atoms with Crippen LogP contribution in [0.2, 0.25) is 0 Å². The Balaban J connectivity index is 1.80. The normalized spacial score (nSPS) is 12.3. The highest BCUT2D eigenvalue weighted by atomic mass is 19.1. The van der Waals surface area contributed by atoms with Crippen LogP contribution in [-0.4, -0.2) is 6.54 Å². The van der Waals surface area contributed by atoms with Gasteiger partial charge in [0.15, 0.2) is 0 Å². The van der Waals surface area contributed by atoms with E-state index in [1.54, 1.807) is 12.1 Å². The van der Waals surface area contributed by atoms with Crippen LogP contribution < -0.4 is 5.32 Å². The first kappa shape index (κ1) is 14.7. The molecule has 0 aliphatic carbocycles. The predicted molar refractivity (Wildman–Crippen MR) is 82.2 cm³/mol. The maximum Gasteiger partial charge on any atom is 0.123 e. The van der Waals surface area contributed by atoms with Crippen LogP contribution in [0.25, 0.3) is 0 Å². The average molecular weight is 271 g/mol. The second-order valence-corrected chi connectivity index (χ2v) is 5.06. The lowest BCUT2D eigenvalue weighted by Crippen LogP contribution is -2.22. The van der Waals surface area contributed by atoms with Crippen molar-refractivity contribution in [3.63, 3.8) is 0 Å². The summed E-state index contributed by atoms with van der Waals surface area (Å²) in [5, 5.41) is 3.52. The van der Waals surface area contributed by atoms with Crippen LogP contribution in [0, 0.1) is 5.82 Å². The van der Waals surface area contributed by atoms with E-state index in [2.05, 4.69) is 36.5 Å². The molecule has 0 saturated carbocycles. The Morgan fingerprint density at radius 1 is 1.05 bits per heavy atom. The van der Waals surface area contributed by atoms with Crippen molar-refractivity contribution in [3.8, 4) is 0 Å². The second kappa shape index (κ2) is 7.81. The molecule has 0 spiro atoms. The minimum atomic E-state index is -0.160. The maximum absolute atomic E-state index is 13.2. The number of rotatable bonds is 7. The molecular formula is C18H22FN. The molecule has 0 heterocycles. The van der Waals surface area contributed by atoms with Crippen LogP contribution >= 0.6 is 0 Å². The van der Waals surface area contributed by atoms with E-state index in [9.17, 15) is 4.39 Å². The quantitative estimate of drug-likeness (QED) is 0.731. The zero-order valence-corrected chi connectivity index (χ0v) is 12.0. The Kier molecular flexibility index (Phi) is 5.75. The first-order valence-corrected chi connectivity index (χ1v) is 7.32. The van der Waals surface area contributed by atoms with E-state index < -0.39 is 0 Å². The molecule has 2 heteroatoms. The predicted octanol–water partition coefficient (Wildman–Crippen LogP) is 4.50. The topological polar surface area (TPSA) is 12.0 Å². The molecule has 1 nitrogen and oxygen atoms in total. The number of hydrogen-bond donors (Lipinski definition) is 1. The van der Waals surface area contributed by atoms with Gasteiger partial charge in [0.25, 0.3) is 0 Å². The summed E-state index contributed by atoms with van der Waals surface area (Å²) < 4.78 is 13.2. The summed E-state index contributed by atoms with van der Waals surface area (Å²) in [6.45, 7) is 3.07. The summed E-state index contributed by atoms with van der Waals surface area (Å²) in [4.78, 5) is 0. The summed E-state index contributed by atoms with van der Waals surface area (Å²) in [6.07, 6.45) is 3.14. The molecule has 2 aromatic carbocycles. The van der Waals surface area contributed by atoms with Gasteiger partial charge in [0.2, 0.25) is 0 Å². The zero-order chi connectivity index (χ0) is 14.2. The Hall–Kier alpha value is -1.67. The molecule has 0 aromatic heterocycles. The van der Waals surface area contributed by atoms with Crippen molar-refractivity contribution < 1.29 is 4.39 Å². The van der Waals surface area contributed by atoms with Gasteiger partial charge >= 0.3 is 0 Å². The number of aryl methyl sites for hydroxylation is 1. The molecule has 1 N–H and O–H groups in total. The van der Waals surface area contributed by atoms with Gasteiger partial charge in [0.05, 0.1) is 0 Å². The fourth-order valence-electron chi connectivity index (χ4n) is 2.43. The van der Waals surface area contributed by atoms with Gasteiger partial charge in [0, 0.05) is 6.04 Å². The molecular weight excluding hydrogens is 249 g/mol. The van der Waals surface area contributed by atoms with E-state index >= 15 is 0 Å². The molecule has 0 aliphatic rings. The van der Waals surface area contributed by atoms with Crippen LogP contribution in [0.1, 0.15) is 36.9 Å². The Labute approximate surface area is 120 Å². The summed E-state index contributed by atoms with van der Waals surface area (Å²) in [5.41, 5.74) is 2.40. The molecule has 0 radical (unpaired) electrons. The van der Waals surface area contributed by atoms with Crippen molar-refractivity contribution in [2.45, 2.75) is 32.2 Å². The minimum absolute atomic E-state index is 0.160. The highest BCUT2D eigenvalue weighted by Crippen LogP contribution is 2.17. The SMILES string of the molecule is CCC(NCCCc1ccccc1)c1cccc(F)c1. The monoisotopic (exact) mass is 271 g/mol. The molecule has 0 fully saturated rings. The summed E-state index contributed by atoms with van der Waals surface area (Å²) in [6, 6.07) is 17.6. The van der Waals surface area contributed by atoms with Gasteiger partial charge in [-0.25, -0.2) is 4.39 Å². The standard InChI is InChI=1S/C18H22FN/c1-2-18(16-11-6-12-17(19)14-16)20-13-7-10-15-8-4-3-5-9-15/h3-6,8-9,11-12,14,18,20H,2,7,10,13H2,1H3. The third-order valence-electron chi connectivity index (χ3n) is 3.54. The third-order valence-corrected chi connectivity index (χ3v) is 3.54. The molecule has 0 bridgehead atoms. The lowest BCUT2D eigenvalue weighted by Gasteiger charge is -2.17. The maximum atomic E-state index is 13.2. The van der Waals surface area contributed by atoms with E-state index in [4.69, 9.17) is 0 Å². The molecule has 0 amide bonds. The van der Waals surface area contributed by atoms with Crippen LogP contribution in [0.3, 0.4) is 0 Å². The number of benzene rings is 2. The second-order valence-electron chi connectivity index (χ2n) is 5.06. The molecule has 0 saturated heterocycles. The fraction of sp³-hybridized carbons (Fsp3) is 0.333. The number of halogens is 1. The number of hydrogen-bond acceptors (Lipinski definition) is 1. The van der Waals surface area contributed by atoms with Gasteiger partial charge in [-0.2, -0.15) is 0 Å². The van der Waals surface area contributed by atoms with Crippen molar-refractivity contribution >= 4 is 0 Å². The fourth-order valence-corrected chi connectivity index (χ4v) is 2.43. The molecule has 106 valence electrons. The number of nitrogens with one attached hydrogen (secondary N) is 1. The van der Waals surface area contributed by atoms with Crippen LogP contribution in [0.5, 0.6) is 0 Å². The first-order chi connectivity index (χ1) is 9.79. The van der Waals surface area contributed by atoms with E-state index in [0.717, 1.165) is 31.4 Å². The average Bonchev–Trinajstić information content (AvgIpc) is 2.48. The zero-order valence-electron chi connectivity index (χ0n) is 12.0. The smallest absolute Gasteiger partial charge is 0.123 e. The summed E-state index contributed by atoms with van der Waals surface area (Å²) in [5.74, 6) is -0.160. The summed E-state index contributed by atoms with van der Waals surface area (Å²) in [7, 11) is 0. The lowest BCUT2D eigenvalue weighted by atomic mass is 10.0. The van der Waals surface area contributed by atoms with E-state index in [-0.39, 0.29) is 11.9 Å². The molecule has 0 aliphatic heterocycles. The van der Waals surface area contributed by atoms with Crippen LogP contribution in [0.15, 0.2) is 54.6 Å². The first-order valence-electron chi connectivity index (χ1n) is 7.32. The van der Waals surface area contributed by atoms with Gasteiger partial charge < -0.3 is 5.32 Å². The lowest BCUT2D eigenvalue weighted by molar-refractivity contribution is 0.506. The van der Waals surface area contributed by atoms with Gasteiger partial charge in [0.1, 0.15) is 5.82 Å². The van der Waals surface area contributed by atoms with Crippen molar-refractivity contribution in [3.05, 3.63) is 71.5 Å². The minimum Gasteiger partial charge on any atom is -0.310 e. The molecule has 20 heavy (non-hydrogen) atoms. The van der Waals surface area contributed by atoms with Crippen LogP contribution in [0.4, 0.5) is 4.39 Å². The molecule has 2 aromatic rings. The van der Waals surface area contributed by atoms with Gasteiger partial charge in [-0.05, 0) is 49.1 Å². The van der Waals surface area contributed by atoms with Gasteiger partial charge in [-0.3, -0.25) is 0 Å². The van der Waals surface area contributed by atoms with Gasteiger partial charge in [-0.15, -0.1) is 0 Å². The molecule has 1 unspecified atom stereocenters. The van der Waals surface area contributed by atoms with E-state index in [1.807, 2.05) is 12.1 Å². The van der Waals surface area contributed by atoms with Crippen molar-refractivity contribution in [1.82, 2.24) is 5.32 Å². The Morgan fingerprint density at radius 3 is 2.55 bits per heavy atom. The van der Waals surface area contributed by atoms with E-state index in [0.29, 0.717) is 0 Å². The molecule has 2 rings (SSSR count). The highest BCUT2D eigenvalue weighted by molar-refractivity contribution is 5.20. The van der Waals surface area contributed by atoms with Crippen molar-refractivity contribution in [1.29, 1.82) is 0 Å². The third kappa shape index (κ3) is 4.46. The molecule has 1 atom stereocenters. The van der Waals surface area contributed by atoms with Crippen molar-refractivity contribution in [2.24, 2.45) is 0 Å². The van der Waals surface area contributed by atoms with Gasteiger partial charge in [-0.1, -0.05) is 49.4 Å². The largest absolute Gasteiger partial charge is 0.310 e. The van der Waals surface area contributed by atoms with Crippen LogP contribution in [-0.2, 0) is 6.42 Å². The van der Waals surface area contributed by atoms with Crippen molar-refractivity contribution in [2.75, 3.05) is 6.54 Å². The highest BCUT2D eigenvalue weighted by Gasteiger charge is 2.08. The van der Waals surface area contributed by atoms with E-state index in [1.165, 1.54) is 11.6 Å². The Bertz CT molecular complexity index is 510.